The van der Waals surface area contributed by atoms with E-state index >= 15 is 0 Å². The highest BCUT2D eigenvalue weighted by Gasteiger charge is 2.37. The molecule has 0 saturated carbocycles. The average Bonchev–Trinajstić information content (AvgIpc) is 2.54. The molecule has 0 aliphatic carbocycles. The van der Waals surface area contributed by atoms with Crippen LogP contribution >= 0.6 is 11.6 Å². The van der Waals surface area contributed by atoms with Gasteiger partial charge in [-0.1, -0.05) is 48.0 Å². The monoisotopic (exact) mass is 299 g/mol. The van der Waals surface area contributed by atoms with Gasteiger partial charge in [0.05, 0.1) is 6.10 Å². The molecule has 3 heteroatoms. The van der Waals surface area contributed by atoms with E-state index in [4.69, 9.17) is 16.3 Å². The summed E-state index contributed by atoms with van der Waals surface area (Å²) >= 11 is 6.16. The lowest BCUT2D eigenvalue weighted by Crippen LogP contribution is -2.44. The van der Waals surface area contributed by atoms with E-state index in [9.17, 15) is 0 Å². The lowest BCUT2D eigenvalue weighted by atomic mass is 9.80. The van der Waals surface area contributed by atoms with E-state index in [-0.39, 0.29) is 12.2 Å². The van der Waals surface area contributed by atoms with E-state index in [0.29, 0.717) is 5.92 Å². The maximum Gasteiger partial charge on any atom is 0.108 e. The molecule has 0 bridgehead atoms. The molecular formula is C18H18ClNO. The Morgan fingerprint density at radius 2 is 1.90 bits per heavy atom. The second-order valence-corrected chi connectivity index (χ2v) is 6.27. The van der Waals surface area contributed by atoms with Crippen LogP contribution in [0.25, 0.3) is 0 Å². The lowest BCUT2D eigenvalue weighted by Gasteiger charge is -2.41. The van der Waals surface area contributed by atoms with Gasteiger partial charge in [0, 0.05) is 17.5 Å². The zero-order valence-electron chi connectivity index (χ0n) is 11.8. The molecule has 108 valence electrons. The van der Waals surface area contributed by atoms with Gasteiger partial charge in [0.15, 0.2) is 0 Å². The fourth-order valence-electron chi connectivity index (χ4n) is 3.59. The summed E-state index contributed by atoms with van der Waals surface area (Å²) in [4.78, 5) is 0. The van der Waals surface area contributed by atoms with Gasteiger partial charge < -0.3 is 10.1 Å². The van der Waals surface area contributed by atoms with Crippen LogP contribution in [0.1, 0.15) is 35.1 Å². The molecule has 0 spiro atoms. The van der Waals surface area contributed by atoms with E-state index in [2.05, 4.69) is 35.6 Å². The van der Waals surface area contributed by atoms with Crippen LogP contribution in [0.4, 0.5) is 0 Å². The Hall–Kier alpha value is -1.35. The van der Waals surface area contributed by atoms with E-state index in [1.54, 1.807) is 0 Å². The quantitative estimate of drug-likeness (QED) is 0.862. The molecular weight excluding hydrogens is 282 g/mol. The van der Waals surface area contributed by atoms with Crippen LogP contribution in [-0.2, 0) is 4.74 Å². The molecule has 0 aromatic heterocycles. The van der Waals surface area contributed by atoms with Crippen LogP contribution in [0.5, 0.6) is 0 Å². The van der Waals surface area contributed by atoms with Gasteiger partial charge in [0.2, 0.25) is 0 Å². The van der Waals surface area contributed by atoms with Crippen LogP contribution in [0, 0.1) is 0 Å². The van der Waals surface area contributed by atoms with Crippen molar-refractivity contribution < 1.29 is 4.74 Å². The van der Waals surface area contributed by atoms with Crippen molar-refractivity contribution in [2.45, 2.75) is 24.5 Å². The number of nitrogens with one attached hydrogen (secondary N) is 1. The van der Waals surface area contributed by atoms with Crippen molar-refractivity contribution in [3.05, 3.63) is 70.2 Å². The predicted molar refractivity (Wildman–Crippen MR) is 84.8 cm³/mol. The number of fused-ring (bicyclic) bond motifs is 3. The molecule has 0 amide bonds. The summed E-state index contributed by atoms with van der Waals surface area (Å²) in [6, 6.07) is 16.7. The first-order valence-corrected chi connectivity index (χ1v) is 7.91. The van der Waals surface area contributed by atoms with Crippen LogP contribution in [0.2, 0.25) is 5.02 Å². The highest BCUT2D eigenvalue weighted by atomic mass is 35.5. The van der Waals surface area contributed by atoms with Crippen LogP contribution in [-0.4, -0.2) is 19.2 Å². The summed E-state index contributed by atoms with van der Waals surface area (Å²) in [6.07, 6.45) is 1.38. The molecule has 1 N–H and O–H groups in total. The van der Waals surface area contributed by atoms with E-state index < -0.39 is 0 Å². The predicted octanol–water partition coefficient (Wildman–Crippen LogP) is 3.91. The molecule has 1 fully saturated rings. The molecule has 1 saturated heterocycles. The molecule has 4 rings (SSSR count). The molecule has 2 aliphatic rings. The molecule has 2 aromatic carbocycles. The molecule has 2 heterocycles. The largest absolute Gasteiger partial charge is 0.364 e. The van der Waals surface area contributed by atoms with Gasteiger partial charge >= 0.3 is 0 Å². The molecule has 21 heavy (non-hydrogen) atoms. The van der Waals surface area contributed by atoms with Crippen molar-refractivity contribution in [1.82, 2.24) is 5.32 Å². The number of hydrogen-bond donors (Lipinski definition) is 1. The summed E-state index contributed by atoms with van der Waals surface area (Å²) in [5.41, 5.74) is 3.88. The molecule has 2 nitrogen and oxygen atoms in total. The standard InChI is InChI=1S/C18H18ClNO/c19-13-5-3-4-12(10-13)18-16-7-2-1-6-14(16)15-8-9-20-11-17(15)21-18/h1-7,10,15,17-18,20H,8-9,11H2/t15-,17-,18?/m0/s1. The third-order valence-electron chi connectivity index (χ3n) is 4.57. The fraction of sp³-hybridized carbons (Fsp3) is 0.333. The first-order valence-electron chi connectivity index (χ1n) is 7.53. The Morgan fingerprint density at radius 1 is 1.05 bits per heavy atom. The van der Waals surface area contributed by atoms with Gasteiger partial charge in [-0.2, -0.15) is 0 Å². The molecule has 3 atom stereocenters. The third-order valence-corrected chi connectivity index (χ3v) is 4.80. The highest BCUT2D eigenvalue weighted by Crippen LogP contribution is 2.43. The zero-order chi connectivity index (χ0) is 14.2. The summed E-state index contributed by atoms with van der Waals surface area (Å²) in [5.74, 6) is 0.512. The topological polar surface area (TPSA) is 21.3 Å². The zero-order valence-corrected chi connectivity index (χ0v) is 12.5. The van der Waals surface area contributed by atoms with Crippen molar-refractivity contribution in [1.29, 1.82) is 0 Å². The van der Waals surface area contributed by atoms with E-state index in [0.717, 1.165) is 30.1 Å². The second-order valence-electron chi connectivity index (χ2n) is 5.84. The van der Waals surface area contributed by atoms with Gasteiger partial charge in [-0.3, -0.25) is 0 Å². The van der Waals surface area contributed by atoms with Crippen LogP contribution < -0.4 is 5.32 Å². The smallest absolute Gasteiger partial charge is 0.108 e. The number of benzene rings is 2. The van der Waals surface area contributed by atoms with Gasteiger partial charge in [0.25, 0.3) is 0 Å². The number of ether oxygens (including phenoxy) is 1. The fourth-order valence-corrected chi connectivity index (χ4v) is 3.79. The Bertz CT molecular complexity index is 657. The van der Waals surface area contributed by atoms with Crippen molar-refractivity contribution in [2.24, 2.45) is 0 Å². The Labute approximate surface area is 130 Å². The summed E-state index contributed by atoms with van der Waals surface area (Å²) in [5, 5.41) is 4.21. The van der Waals surface area contributed by atoms with Gasteiger partial charge in [-0.25, -0.2) is 0 Å². The molecule has 0 radical (unpaired) electrons. The van der Waals surface area contributed by atoms with Gasteiger partial charge in [-0.15, -0.1) is 0 Å². The number of hydrogen-bond acceptors (Lipinski definition) is 2. The number of rotatable bonds is 1. The van der Waals surface area contributed by atoms with Crippen LogP contribution in [0.15, 0.2) is 48.5 Å². The lowest BCUT2D eigenvalue weighted by molar-refractivity contribution is -0.0312. The van der Waals surface area contributed by atoms with Crippen molar-refractivity contribution >= 4 is 11.6 Å². The first-order chi connectivity index (χ1) is 10.3. The maximum absolute atomic E-state index is 6.44. The number of piperidine rings is 1. The Morgan fingerprint density at radius 3 is 2.76 bits per heavy atom. The minimum atomic E-state index is -0.0129. The first kappa shape index (κ1) is 13.3. The SMILES string of the molecule is Clc1cccc(C2O[C@H]3CNCC[C@H]3c3ccccc32)c1. The van der Waals surface area contributed by atoms with E-state index in [1.807, 2.05) is 18.2 Å². The minimum Gasteiger partial charge on any atom is -0.364 e. The molecule has 1 unspecified atom stereocenters. The molecule has 2 aliphatic heterocycles. The summed E-state index contributed by atoms with van der Waals surface area (Å²) in [7, 11) is 0. The Kier molecular flexibility index (Phi) is 3.46. The van der Waals surface area contributed by atoms with Crippen molar-refractivity contribution in [3.63, 3.8) is 0 Å². The second kappa shape index (κ2) is 5.45. The van der Waals surface area contributed by atoms with Crippen molar-refractivity contribution in [2.75, 3.05) is 13.1 Å². The Balaban J connectivity index is 1.81. The highest BCUT2D eigenvalue weighted by molar-refractivity contribution is 6.30. The van der Waals surface area contributed by atoms with Gasteiger partial charge in [-0.05, 0) is 41.8 Å². The van der Waals surface area contributed by atoms with Crippen LogP contribution in [0.3, 0.4) is 0 Å². The van der Waals surface area contributed by atoms with Gasteiger partial charge in [0.1, 0.15) is 6.10 Å². The van der Waals surface area contributed by atoms with E-state index in [1.165, 1.54) is 11.1 Å². The maximum atomic E-state index is 6.44. The average molecular weight is 300 g/mol. The number of halogens is 1. The normalized spacial score (nSPS) is 27.8. The molecule has 2 aromatic rings. The van der Waals surface area contributed by atoms with Crippen molar-refractivity contribution in [3.8, 4) is 0 Å². The summed E-state index contributed by atoms with van der Waals surface area (Å²) < 4.78 is 6.44. The third kappa shape index (κ3) is 2.38. The minimum absolute atomic E-state index is 0.0129. The summed E-state index contributed by atoms with van der Waals surface area (Å²) in [6.45, 7) is 2.00.